The predicted molar refractivity (Wildman–Crippen MR) is 103 cm³/mol. The van der Waals surface area contributed by atoms with Crippen molar-refractivity contribution in [2.24, 2.45) is 11.7 Å². The van der Waals surface area contributed by atoms with E-state index in [4.69, 9.17) is 17.3 Å². The molecule has 1 heterocycles. The van der Waals surface area contributed by atoms with E-state index in [9.17, 15) is 4.79 Å². The number of amides is 1. The van der Waals surface area contributed by atoms with Gasteiger partial charge in [-0.2, -0.15) is 5.10 Å². The Morgan fingerprint density at radius 1 is 1.36 bits per heavy atom. The van der Waals surface area contributed by atoms with Crippen molar-refractivity contribution in [3.05, 3.63) is 46.7 Å². The van der Waals surface area contributed by atoms with E-state index in [1.54, 1.807) is 6.20 Å². The fourth-order valence-electron chi connectivity index (χ4n) is 2.99. The van der Waals surface area contributed by atoms with Gasteiger partial charge in [0.1, 0.15) is 0 Å². The molecule has 0 saturated heterocycles. The topological polar surface area (TPSA) is 72.9 Å². The molecule has 0 bridgehead atoms. The average molecular weight is 383 g/mol. The summed E-state index contributed by atoms with van der Waals surface area (Å²) in [6.45, 7) is 4.59. The van der Waals surface area contributed by atoms with Gasteiger partial charge in [0.15, 0.2) is 0 Å². The van der Waals surface area contributed by atoms with Gasteiger partial charge in [-0.15, -0.1) is 12.4 Å². The highest BCUT2D eigenvalue weighted by Gasteiger charge is 2.32. The summed E-state index contributed by atoms with van der Waals surface area (Å²) >= 11 is 5.96. The fourth-order valence-corrected chi connectivity index (χ4v) is 3.12. The molecule has 1 aliphatic carbocycles. The number of benzene rings is 1. The maximum Gasteiger partial charge on any atom is 0.255 e. The van der Waals surface area contributed by atoms with E-state index in [1.807, 2.05) is 28.9 Å². The third-order valence-electron chi connectivity index (χ3n) is 4.43. The van der Waals surface area contributed by atoms with Gasteiger partial charge in [-0.05, 0) is 48.9 Å². The normalized spacial score (nSPS) is 14.9. The summed E-state index contributed by atoms with van der Waals surface area (Å²) in [7, 11) is 0. The number of rotatable bonds is 6. The maximum absolute atomic E-state index is 12.7. The molecule has 1 aliphatic rings. The Hall–Kier alpha value is -1.56. The molecule has 1 aromatic heterocycles. The Balaban J connectivity index is 0.00000225. The summed E-state index contributed by atoms with van der Waals surface area (Å²) in [5, 5.41) is 8.18. The first-order valence-corrected chi connectivity index (χ1v) is 8.73. The second-order valence-corrected chi connectivity index (χ2v) is 7.08. The second kappa shape index (κ2) is 8.21. The molecule has 0 radical (unpaired) electrons. The van der Waals surface area contributed by atoms with E-state index < -0.39 is 0 Å². The fraction of sp³-hybridized carbons (Fsp3) is 0.444. The standard InChI is InChI=1S/C18H23ClN4O.ClH/c1-11(2)17-15(18(24)22-16(9-20)12-3-4-12)10-21-23(17)14-7-5-13(19)6-8-14;/h5-8,10-12,16H,3-4,9,20H2,1-2H3,(H,22,24);1H. The van der Waals surface area contributed by atoms with E-state index >= 15 is 0 Å². The molecule has 136 valence electrons. The van der Waals surface area contributed by atoms with E-state index in [2.05, 4.69) is 24.3 Å². The number of aromatic nitrogens is 2. The zero-order valence-corrected chi connectivity index (χ0v) is 16.0. The van der Waals surface area contributed by atoms with Crippen LogP contribution < -0.4 is 11.1 Å². The van der Waals surface area contributed by atoms with E-state index in [-0.39, 0.29) is 30.3 Å². The van der Waals surface area contributed by atoms with Crippen LogP contribution in [0.5, 0.6) is 0 Å². The van der Waals surface area contributed by atoms with Gasteiger partial charge in [0, 0.05) is 17.6 Å². The Kier molecular flexibility index (Phi) is 6.49. The average Bonchev–Trinajstić information content (AvgIpc) is 3.30. The zero-order chi connectivity index (χ0) is 17.3. The van der Waals surface area contributed by atoms with Crippen molar-refractivity contribution in [2.75, 3.05) is 6.54 Å². The van der Waals surface area contributed by atoms with Crippen LogP contribution in [0.3, 0.4) is 0 Å². The molecule has 1 saturated carbocycles. The molecule has 0 aliphatic heterocycles. The third-order valence-corrected chi connectivity index (χ3v) is 4.68. The molecule has 5 nitrogen and oxygen atoms in total. The SMILES string of the molecule is CC(C)c1c(C(=O)NC(CN)C2CC2)cnn1-c1ccc(Cl)cc1.Cl. The smallest absolute Gasteiger partial charge is 0.255 e. The van der Waals surface area contributed by atoms with Crippen molar-refractivity contribution in [1.29, 1.82) is 0 Å². The molecule has 1 aromatic carbocycles. The summed E-state index contributed by atoms with van der Waals surface area (Å²) < 4.78 is 1.81. The predicted octanol–water partition coefficient (Wildman–Crippen LogP) is 3.54. The minimum atomic E-state index is -0.0961. The van der Waals surface area contributed by atoms with E-state index in [0.29, 0.717) is 23.0 Å². The molecule has 7 heteroatoms. The van der Waals surface area contributed by atoms with Gasteiger partial charge < -0.3 is 11.1 Å². The molecule has 25 heavy (non-hydrogen) atoms. The highest BCUT2D eigenvalue weighted by Crippen LogP contribution is 2.32. The summed E-state index contributed by atoms with van der Waals surface area (Å²) in [6, 6.07) is 7.49. The summed E-state index contributed by atoms with van der Waals surface area (Å²) in [4.78, 5) is 12.7. The summed E-state index contributed by atoms with van der Waals surface area (Å²) in [5.41, 5.74) is 8.19. The molecule has 1 unspecified atom stereocenters. The van der Waals surface area contributed by atoms with Crippen molar-refractivity contribution in [3.63, 3.8) is 0 Å². The number of nitrogens with two attached hydrogens (primary N) is 1. The van der Waals surface area contributed by atoms with Crippen LogP contribution in [0.25, 0.3) is 5.69 Å². The first-order chi connectivity index (χ1) is 11.5. The van der Waals surface area contributed by atoms with Gasteiger partial charge in [-0.25, -0.2) is 4.68 Å². The molecule has 3 N–H and O–H groups in total. The van der Waals surface area contributed by atoms with Gasteiger partial charge in [0.05, 0.1) is 23.1 Å². The first-order valence-electron chi connectivity index (χ1n) is 8.36. The highest BCUT2D eigenvalue weighted by molar-refractivity contribution is 6.30. The summed E-state index contributed by atoms with van der Waals surface area (Å²) in [6.07, 6.45) is 3.92. The van der Waals surface area contributed by atoms with Crippen LogP contribution >= 0.6 is 24.0 Å². The Bertz CT molecular complexity index is 723. The van der Waals surface area contributed by atoms with Gasteiger partial charge in [0.2, 0.25) is 0 Å². The molecular formula is C18H24Cl2N4O. The van der Waals surface area contributed by atoms with Crippen LogP contribution in [-0.2, 0) is 0 Å². The number of hydrogen-bond donors (Lipinski definition) is 2. The molecule has 1 amide bonds. The Morgan fingerprint density at radius 2 is 2.00 bits per heavy atom. The van der Waals surface area contributed by atoms with Gasteiger partial charge in [-0.1, -0.05) is 25.4 Å². The van der Waals surface area contributed by atoms with Crippen molar-refractivity contribution in [3.8, 4) is 5.69 Å². The lowest BCUT2D eigenvalue weighted by molar-refractivity contribution is 0.0932. The lowest BCUT2D eigenvalue weighted by atomic mass is 10.0. The van der Waals surface area contributed by atoms with Crippen LogP contribution in [0.1, 0.15) is 48.7 Å². The lowest BCUT2D eigenvalue weighted by Gasteiger charge is -2.17. The lowest BCUT2D eigenvalue weighted by Crippen LogP contribution is -2.42. The quantitative estimate of drug-likeness (QED) is 0.802. The maximum atomic E-state index is 12.7. The number of carbonyl (C=O) groups excluding carboxylic acids is 1. The minimum Gasteiger partial charge on any atom is -0.348 e. The molecule has 0 spiro atoms. The zero-order valence-electron chi connectivity index (χ0n) is 14.4. The Labute approximate surface area is 159 Å². The molecule has 1 atom stereocenters. The molecule has 3 rings (SSSR count). The van der Waals surface area contributed by atoms with Crippen LogP contribution in [0, 0.1) is 5.92 Å². The first kappa shape index (κ1) is 19.8. The van der Waals surface area contributed by atoms with Crippen molar-refractivity contribution < 1.29 is 4.79 Å². The van der Waals surface area contributed by atoms with Crippen LogP contribution in [-0.4, -0.2) is 28.3 Å². The van der Waals surface area contributed by atoms with Gasteiger partial charge in [0.25, 0.3) is 5.91 Å². The molecule has 1 fully saturated rings. The number of nitrogens with zero attached hydrogens (tertiary/aromatic N) is 2. The number of carbonyl (C=O) groups is 1. The monoisotopic (exact) mass is 382 g/mol. The third kappa shape index (κ3) is 4.35. The van der Waals surface area contributed by atoms with Crippen LogP contribution in [0.15, 0.2) is 30.5 Å². The highest BCUT2D eigenvalue weighted by atomic mass is 35.5. The number of hydrogen-bond acceptors (Lipinski definition) is 3. The number of nitrogens with one attached hydrogen (secondary N) is 1. The van der Waals surface area contributed by atoms with Gasteiger partial charge >= 0.3 is 0 Å². The van der Waals surface area contributed by atoms with E-state index in [0.717, 1.165) is 24.2 Å². The largest absolute Gasteiger partial charge is 0.348 e. The van der Waals surface area contributed by atoms with Crippen LogP contribution in [0.4, 0.5) is 0 Å². The van der Waals surface area contributed by atoms with Crippen molar-refractivity contribution >= 4 is 29.9 Å². The Morgan fingerprint density at radius 3 is 2.52 bits per heavy atom. The molecular weight excluding hydrogens is 359 g/mol. The minimum absolute atomic E-state index is 0. The van der Waals surface area contributed by atoms with Crippen molar-refractivity contribution in [2.45, 2.75) is 38.6 Å². The number of halogens is 2. The molecule has 2 aromatic rings. The second-order valence-electron chi connectivity index (χ2n) is 6.64. The van der Waals surface area contributed by atoms with Crippen LogP contribution in [0.2, 0.25) is 5.02 Å². The van der Waals surface area contributed by atoms with E-state index in [1.165, 1.54) is 0 Å². The summed E-state index contributed by atoms with van der Waals surface area (Å²) in [5.74, 6) is 0.579. The van der Waals surface area contributed by atoms with Crippen molar-refractivity contribution in [1.82, 2.24) is 15.1 Å². The van der Waals surface area contributed by atoms with Gasteiger partial charge in [-0.3, -0.25) is 4.79 Å².